The highest BCUT2D eigenvalue weighted by Crippen LogP contribution is 2.40. The molecular weight excluding hydrogens is 803 g/mol. The summed E-state index contributed by atoms with van der Waals surface area (Å²) in [7, 11) is 0. The van der Waals surface area contributed by atoms with Gasteiger partial charge in [-0.15, -0.1) is 0 Å². The van der Waals surface area contributed by atoms with Crippen molar-refractivity contribution in [3.05, 3.63) is 25.3 Å². The molecule has 0 saturated heterocycles. The van der Waals surface area contributed by atoms with E-state index in [-0.39, 0.29) is 48.1 Å². The van der Waals surface area contributed by atoms with E-state index >= 15 is 0 Å². The van der Waals surface area contributed by atoms with Gasteiger partial charge >= 0.3 is 23.9 Å². The monoisotopic (exact) mass is 884 g/mol. The zero-order chi connectivity index (χ0) is 44.9. The van der Waals surface area contributed by atoms with E-state index in [9.17, 15) is 24.4 Å². The molecule has 0 spiro atoms. The first-order chi connectivity index (χ1) is 30.8. The van der Waals surface area contributed by atoms with E-state index in [2.05, 4.69) is 19.2 Å². The van der Waals surface area contributed by atoms with E-state index in [1.54, 1.807) is 0 Å². The first-order valence-corrected chi connectivity index (χ1v) is 25.0. The Morgan fingerprint density at radius 3 is 1.40 bits per heavy atom. The van der Waals surface area contributed by atoms with Crippen molar-refractivity contribution >= 4 is 23.9 Å². The van der Waals surface area contributed by atoms with Gasteiger partial charge in [0.05, 0.1) is 56.0 Å². The average molecular weight is 884 g/mol. The Balaban J connectivity index is 1.10. The van der Waals surface area contributed by atoms with Crippen LogP contribution in [0.5, 0.6) is 0 Å². The maximum Gasteiger partial charge on any atom is 0.330 e. The van der Waals surface area contributed by atoms with Crippen LogP contribution in [-0.4, -0.2) is 87.9 Å². The molecule has 0 aromatic rings. The molecule has 0 N–H and O–H groups in total. The summed E-state index contributed by atoms with van der Waals surface area (Å²) in [5, 5.41) is 9.22. The van der Waals surface area contributed by atoms with Gasteiger partial charge in [0.1, 0.15) is 6.10 Å². The molecule has 0 aromatic heterocycles. The van der Waals surface area contributed by atoms with Crippen LogP contribution in [-0.2, 0) is 52.3 Å². The summed E-state index contributed by atoms with van der Waals surface area (Å²) in [5.41, 5.74) is 0. The molecule has 0 aromatic carbocycles. The van der Waals surface area contributed by atoms with Crippen molar-refractivity contribution in [1.29, 1.82) is 5.26 Å². The van der Waals surface area contributed by atoms with Crippen molar-refractivity contribution in [3.63, 3.8) is 0 Å². The van der Waals surface area contributed by atoms with Crippen LogP contribution in [0.3, 0.4) is 0 Å². The van der Waals surface area contributed by atoms with E-state index < -0.39 is 11.9 Å². The number of esters is 4. The Hall–Kier alpha value is -3.27. The molecule has 4 saturated carbocycles. The molecule has 4 rings (SSSR count). The van der Waals surface area contributed by atoms with Gasteiger partial charge in [-0.05, 0) is 160 Å². The Labute approximate surface area is 378 Å². The second-order valence-electron chi connectivity index (χ2n) is 18.5. The van der Waals surface area contributed by atoms with Crippen molar-refractivity contribution in [3.8, 4) is 6.07 Å². The second kappa shape index (κ2) is 31.6. The van der Waals surface area contributed by atoms with E-state index in [0.717, 1.165) is 153 Å². The minimum absolute atomic E-state index is 0.153. The quantitative estimate of drug-likeness (QED) is 0.0292. The fourth-order valence-corrected chi connectivity index (χ4v) is 9.98. The van der Waals surface area contributed by atoms with Gasteiger partial charge in [0.2, 0.25) is 0 Å². The van der Waals surface area contributed by atoms with E-state index in [4.69, 9.17) is 33.2 Å². The first kappa shape index (κ1) is 52.4. The summed E-state index contributed by atoms with van der Waals surface area (Å²) in [6.45, 7) is 9.96. The fraction of sp³-hybridized carbons (Fsp3) is 0.824. The first-order valence-electron chi connectivity index (χ1n) is 25.0. The summed E-state index contributed by atoms with van der Waals surface area (Å²) in [4.78, 5) is 49.3. The summed E-state index contributed by atoms with van der Waals surface area (Å²) in [5.74, 6) is -0.00815. The number of carbonyl (C=O) groups excluding carboxylic acids is 4. The van der Waals surface area contributed by atoms with E-state index in [1.807, 2.05) is 0 Å². The van der Waals surface area contributed by atoms with Crippen LogP contribution in [0.15, 0.2) is 25.3 Å². The van der Waals surface area contributed by atoms with Crippen LogP contribution in [0.1, 0.15) is 173 Å². The topological polar surface area (TPSA) is 157 Å². The Bertz CT molecular complexity index is 1370. The van der Waals surface area contributed by atoms with E-state index in [1.165, 1.54) is 31.8 Å². The third kappa shape index (κ3) is 21.1. The van der Waals surface area contributed by atoms with Crippen molar-refractivity contribution < 1.29 is 52.3 Å². The van der Waals surface area contributed by atoms with Crippen LogP contribution < -0.4 is 0 Å². The van der Waals surface area contributed by atoms with E-state index in [0.29, 0.717) is 58.4 Å². The van der Waals surface area contributed by atoms with Crippen LogP contribution in [0, 0.1) is 40.9 Å². The molecule has 0 amide bonds. The lowest BCUT2D eigenvalue weighted by Gasteiger charge is -2.36. The minimum Gasteiger partial charge on any atom is -0.465 e. The third-order valence-corrected chi connectivity index (χ3v) is 13.9. The number of ether oxygens (including phenoxy) is 7. The number of rotatable bonds is 30. The van der Waals surface area contributed by atoms with Gasteiger partial charge in [-0.3, -0.25) is 9.59 Å². The number of nitriles is 1. The zero-order valence-electron chi connectivity index (χ0n) is 38.5. The molecule has 63 heavy (non-hydrogen) atoms. The summed E-state index contributed by atoms with van der Waals surface area (Å²) < 4.78 is 40.7. The predicted molar refractivity (Wildman–Crippen MR) is 240 cm³/mol. The smallest absolute Gasteiger partial charge is 0.330 e. The van der Waals surface area contributed by atoms with Gasteiger partial charge in [0.25, 0.3) is 0 Å². The summed E-state index contributed by atoms with van der Waals surface area (Å²) in [6.07, 6.45) is 27.6. The van der Waals surface area contributed by atoms with Gasteiger partial charge in [-0.2, -0.15) is 5.26 Å². The van der Waals surface area contributed by atoms with Gasteiger partial charge in [-0.25, -0.2) is 9.59 Å². The molecule has 0 heterocycles. The molecule has 3 unspecified atom stereocenters. The average Bonchev–Trinajstić information content (AvgIpc) is 3.31. The zero-order valence-corrected chi connectivity index (χ0v) is 38.5. The number of hydrogen-bond acceptors (Lipinski definition) is 12. The standard InChI is InChI=1S/C51H81NO11/c1-3-48(53)60-34-14-8-6-12-32-58-44-27-23-42(24-28-44)50(55)63-45-29-30-47(46(37-45)51(56)62-36-16-10-9-15-35-61-49(54)4-2)59-33-13-7-5-11-31-57-43-25-21-41(22-26-43)40-19-17-39(38-52)18-20-40/h3-4,39-47H,1-2,5-37H2. The highest BCUT2D eigenvalue weighted by Gasteiger charge is 2.40. The Kier molecular flexibility index (Phi) is 26.2. The molecule has 4 aliphatic carbocycles. The number of hydrogen-bond donors (Lipinski definition) is 0. The molecule has 0 bridgehead atoms. The largest absolute Gasteiger partial charge is 0.465 e. The van der Waals surface area contributed by atoms with Crippen LogP contribution >= 0.6 is 0 Å². The number of unbranched alkanes of at least 4 members (excludes halogenated alkanes) is 9. The molecule has 3 atom stereocenters. The maximum absolute atomic E-state index is 13.5. The van der Waals surface area contributed by atoms with Crippen molar-refractivity contribution in [2.24, 2.45) is 29.6 Å². The third-order valence-electron chi connectivity index (χ3n) is 13.9. The van der Waals surface area contributed by atoms with Crippen molar-refractivity contribution in [2.75, 3.05) is 39.6 Å². The molecule has 12 nitrogen and oxygen atoms in total. The number of carbonyl (C=O) groups is 4. The second-order valence-corrected chi connectivity index (χ2v) is 18.5. The Morgan fingerprint density at radius 2 is 0.905 bits per heavy atom. The molecule has 0 radical (unpaired) electrons. The van der Waals surface area contributed by atoms with Crippen LogP contribution in [0.4, 0.5) is 0 Å². The fourth-order valence-electron chi connectivity index (χ4n) is 9.98. The van der Waals surface area contributed by atoms with Gasteiger partial charge in [0.15, 0.2) is 0 Å². The maximum atomic E-state index is 13.5. The normalized spacial score (nSPS) is 27.3. The lowest BCUT2D eigenvalue weighted by molar-refractivity contribution is -0.170. The SMILES string of the molecule is C=CC(=O)OCCCCCCOC(=O)C1CC(OC(=O)C2CCC(OCCCCCCOC(=O)C=C)CC2)CCC1OCCCCCCOC1CCC(C2CCC(C#N)CC2)CC1. The lowest BCUT2D eigenvalue weighted by atomic mass is 9.71. The highest BCUT2D eigenvalue weighted by atomic mass is 16.6. The minimum atomic E-state index is -0.489. The van der Waals surface area contributed by atoms with Gasteiger partial charge in [-0.1, -0.05) is 32.4 Å². The van der Waals surface area contributed by atoms with Crippen molar-refractivity contribution in [2.45, 2.75) is 198 Å². The van der Waals surface area contributed by atoms with Gasteiger partial charge < -0.3 is 33.2 Å². The summed E-state index contributed by atoms with van der Waals surface area (Å²) in [6, 6.07) is 2.47. The molecule has 12 heteroatoms. The molecule has 4 fully saturated rings. The lowest BCUT2D eigenvalue weighted by Crippen LogP contribution is -2.42. The number of nitrogens with zero attached hydrogens (tertiary/aromatic N) is 1. The highest BCUT2D eigenvalue weighted by molar-refractivity contribution is 5.81. The molecule has 4 aliphatic rings. The van der Waals surface area contributed by atoms with Crippen LogP contribution in [0.2, 0.25) is 0 Å². The molecule has 0 aliphatic heterocycles. The molecular formula is C51H81NO11. The van der Waals surface area contributed by atoms with Crippen LogP contribution in [0.25, 0.3) is 0 Å². The summed E-state index contributed by atoms with van der Waals surface area (Å²) >= 11 is 0. The van der Waals surface area contributed by atoms with Crippen molar-refractivity contribution in [1.82, 2.24) is 0 Å². The Morgan fingerprint density at radius 1 is 0.476 bits per heavy atom. The predicted octanol–water partition coefficient (Wildman–Crippen LogP) is 10.2. The molecule has 356 valence electrons. The van der Waals surface area contributed by atoms with Gasteiger partial charge in [0, 0.05) is 44.3 Å².